The Hall–Kier alpha value is -0.770. The Kier molecular flexibility index (Phi) is 3.46. The van der Waals surface area contributed by atoms with Crippen molar-refractivity contribution in [2.45, 2.75) is 82.0 Å². The van der Waals surface area contributed by atoms with E-state index in [9.17, 15) is 9.90 Å². The van der Waals surface area contributed by atoms with E-state index in [1.54, 1.807) is 4.90 Å². The number of carbonyl (C=O) groups is 1. The maximum Gasteiger partial charge on any atom is 0.407 e. The zero-order chi connectivity index (χ0) is 12.5. The summed E-state index contributed by atoms with van der Waals surface area (Å²) in [6, 6.07) is 1.81. The van der Waals surface area contributed by atoms with Gasteiger partial charge in [0.05, 0.1) is 0 Å². The monoisotopic (exact) mass is 252 g/mol. The SMILES string of the molecule is O=C(O)N1C2CCC1CC(NC1CCCCC1)C2. The smallest absolute Gasteiger partial charge is 0.407 e. The summed E-state index contributed by atoms with van der Waals surface area (Å²) in [4.78, 5) is 12.9. The molecule has 0 spiro atoms. The van der Waals surface area contributed by atoms with E-state index in [1.807, 2.05) is 0 Å². The van der Waals surface area contributed by atoms with Crippen molar-refractivity contribution in [1.29, 1.82) is 0 Å². The maximum atomic E-state index is 11.2. The van der Waals surface area contributed by atoms with Crippen LogP contribution in [0, 0.1) is 0 Å². The fraction of sp³-hybridized carbons (Fsp3) is 0.929. The van der Waals surface area contributed by atoms with E-state index in [0.717, 1.165) is 25.7 Å². The number of fused-ring (bicyclic) bond motifs is 2. The largest absolute Gasteiger partial charge is 0.465 e. The quantitative estimate of drug-likeness (QED) is 0.794. The topological polar surface area (TPSA) is 52.6 Å². The molecule has 18 heavy (non-hydrogen) atoms. The first-order valence-corrected chi connectivity index (χ1v) is 7.51. The highest BCUT2D eigenvalue weighted by molar-refractivity contribution is 5.66. The van der Waals surface area contributed by atoms with Crippen LogP contribution in [0.1, 0.15) is 57.8 Å². The van der Waals surface area contributed by atoms with Crippen LogP contribution in [0.15, 0.2) is 0 Å². The number of nitrogens with zero attached hydrogens (tertiary/aromatic N) is 1. The molecule has 1 aliphatic carbocycles. The molecule has 3 rings (SSSR count). The van der Waals surface area contributed by atoms with Crippen LogP contribution in [0.2, 0.25) is 0 Å². The van der Waals surface area contributed by atoms with Gasteiger partial charge in [-0.05, 0) is 38.5 Å². The molecule has 2 unspecified atom stereocenters. The third-order valence-electron chi connectivity index (χ3n) is 5.03. The van der Waals surface area contributed by atoms with Gasteiger partial charge in [-0.25, -0.2) is 4.79 Å². The van der Waals surface area contributed by atoms with Crippen molar-refractivity contribution in [3.05, 3.63) is 0 Å². The average molecular weight is 252 g/mol. The van der Waals surface area contributed by atoms with Gasteiger partial charge in [0, 0.05) is 24.2 Å². The summed E-state index contributed by atoms with van der Waals surface area (Å²) in [7, 11) is 0. The molecule has 2 aliphatic heterocycles. The molecule has 1 amide bonds. The summed E-state index contributed by atoms with van der Waals surface area (Å²) in [6.45, 7) is 0. The second-order valence-corrected chi connectivity index (χ2v) is 6.24. The van der Waals surface area contributed by atoms with Crippen molar-refractivity contribution in [3.8, 4) is 0 Å². The number of piperidine rings is 1. The summed E-state index contributed by atoms with van der Waals surface area (Å²) >= 11 is 0. The van der Waals surface area contributed by atoms with Crippen molar-refractivity contribution in [3.63, 3.8) is 0 Å². The van der Waals surface area contributed by atoms with Gasteiger partial charge in [0.15, 0.2) is 0 Å². The van der Waals surface area contributed by atoms with E-state index >= 15 is 0 Å². The maximum absolute atomic E-state index is 11.2. The zero-order valence-electron chi connectivity index (χ0n) is 11.0. The Balaban J connectivity index is 1.56. The fourth-order valence-electron chi connectivity index (χ4n) is 4.23. The summed E-state index contributed by atoms with van der Waals surface area (Å²) in [5.41, 5.74) is 0. The highest BCUT2D eigenvalue weighted by Gasteiger charge is 2.43. The Morgan fingerprint density at radius 2 is 1.56 bits per heavy atom. The number of carboxylic acid groups (broad SMARTS) is 1. The van der Waals surface area contributed by atoms with Gasteiger partial charge in [-0.15, -0.1) is 0 Å². The highest BCUT2D eigenvalue weighted by atomic mass is 16.4. The molecule has 3 fully saturated rings. The number of amides is 1. The van der Waals surface area contributed by atoms with Gasteiger partial charge < -0.3 is 15.3 Å². The van der Waals surface area contributed by atoms with Crippen LogP contribution in [-0.4, -0.2) is 40.3 Å². The van der Waals surface area contributed by atoms with Crippen LogP contribution >= 0.6 is 0 Å². The van der Waals surface area contributed by atoms with Crippen molar-refractivity contribution in [2.75, 3.05) is 0 Å². The Bertz CT molecular complexity index is 301. The fourth-order valence-corrected chi connectivity index (χ4v) is 4.23. The minimum absolute atomic E-state index is 0.280. The average Bonchev–Trinajstić information content (AvgIpc) is 2.63. The third kappa shape index (κ3) is 2.35. The Labute approximate surface area is 109 Å². The van der Waals surface area contributed by atoms with Crippen LogP contribution in [0.25, 0.3) is 0 Å². The summed E-state index contributed by atoms with van der Waals surface area (Å²) in [6.07, 6.45) is 10.2. The Morgan fingerprint density at radius 1 is 0.944 bits per heavy atom. The lowest BCUT2D eigenvalue weighted by Crippen LogP contribution is -2.53. The number of hydrogen-bond donors (Lipinski definition) is 2. The van der Waals surface area contributed by atoms with Crippen molar-refractivity contribution in [2.24, 2.45) is 0 Å². The van der Waals surface area contributed by atoms with Gasteiger partial charge in [-0.3, -0.25) is 0 Å². The van der Waals surface area contributed by atoms with Gasteiger partial charge in [0.2, 0.25) is 0 Å². The van der Waals surface area contributed by atoms with Gasteiger partial charge in [0.1, 0.15) is 0 Å². The van der Waals surface area contributed by atoms with E-state index < -0.39 is 6.09 Å². The molecule has 2 N–H and O–H groups in total. The molecule has 3 aliphatic rings. The van der Waals surface area contributed by atoms with E-state index in [4.69, 9.17) is 0 Å². The lowest BCUT2D eigenvalue weighted by Gasteiger charge is -2.39. The molecule has 4 heteroatoms. The van der Waals surface area contributed by atoms with Crippen LogP contribution in [-0.2, 0) is 0 Å². The summed E-state index contributed by atoms with van der Waals surface area (Å²) in [5.74, 6) is 0. The van der Waals surface area contributed by atoms with E-state index in [1.165, 1.54) is 32.1 Å². The predicted octanol–water partition coefficient (Wildman–Crippen LogP) is 2.58. The number of nitrogens with one attached hydrogen (secondary N) is 1. The summed E-state index contributed by atoms with van der Waals surface area (Å²) in [5, 5.41) is 13.0. The number of hydrogen-bond acceptors (Lipinski definition) is 2. The lowest BCUT2D eigenvalue weighted by atomic mass is 9.92. The molecule has 2 atom stereocenters. The highest BCUT2D eigenvalue weighted by Crippen LogP contribution is 2.36. The second kappa shape index (κ2) is 5.08. The van der Waals surface area contributed by atoms with Gasteiger partial charge in [0.25, 0.3) is 0 Å². The van der Waals surface area contributed by atoms with Crippen LogP contribution in [0.5, 0.6) is 0 Å². The zero-order valence-corrected chi connectivity index (χ0v) is 11.0. The lowest BCUT2D eigenvalue weighted by molar-refractivity contribution is 0.0890. The first-order chi connectivity index (χ1) is 8.74. The van der Waals surface area contributed by atoms with E-state index in [2.05, 4.69) is 5.32 Å². The molecular formula is C14H24N2O2. The first kappa shape index (κ1) is 12.3. The third-order valence-corrected chi connectivity index (χ3v) is 5.03. The normalized spacial score (nSPS) is 36.9. The van der Waals surface area contributed by atoms with E-state index in [-0.39, 0.29) is 12.1 Å². The molecular weight excluding hydrogens is 228 g/mol. The van der Waals surface area contributed by atoms with Crippen molar-refractivity contribution in [1.82, 2.24) is 10.2 Å². The molecule has 0 aromatic carbocycles. The predicted molar refractivity (Wildman–Crippen MR) is 69.7 cm³/mol. The van der Waals surface area contributed by atoms with Gasteiger partial charge in [-0.2, -0.15) is 0 Å². The van der Waals surface area contributed by atoms with Crippen LogP contribution in [0.3, 0.4) is 0 Å². The molecule has 0 aromatic heterocycles. The van der Waals surface area contributed by atoms with Crippen LogP contribution < -0.4 is 5.32 Å². The molecule has 2 heterocycles. The molecule has 102 valence electrons. The summed E-state index contributed by atoms with van der Waals surface area (Å²) < 4.78 is 0. The van der Waals surface area contributed by atoms with Crippen molar-refractivity contribution >= 4 is 6.09 Å². The van der Waals surface area contributed by atoms with Crippen molar-refractivity contribution < 1.29 is 9.90 Å². The second-order valence-electron chi connectivity index (χ2n) is 6.24. The minimum atomic E-state index is -0.710. The number of rotatable bonds is 2. The Morgan fingerprint density at radius 3 is 2.11 bits per heavy atom. The molecule has 0 radical (unpaired) electrons. The standard InChI is InChI=1S/C14H24N2O2/c17-14(18)16-12-6-7-13(16)9-11(8-12)15-10-4-2-1-3-5-10/h10-13,15H,1-9H2,(H,17,18). The molecule has 0 aromatic rings. The molecule has 2 saturated heterocycles. The molecule has 1 saturated carbocycles. The van der Waals surface area contributed by atoms with Gasteiger partial charge in [-0.1, -0.05) is 19.3 Å². The first-order valence-electron chi connectivity index (χ1n) is 7.51. The minimum Gasteiger partial charge on any atom is -0.465 e. The molecule has 4 nitrogen and oxygen atoms in total. The molecule has 2 bridgehead atoms. The van der Waals surface area contributed by atoms with E-state index in [0.29, 0.717) is 12.1 Å². The van der Waals surface area contributed by atoms with Crippen LogP contribution in [0.4, 0.5) is 4.79 Å². The van der Waals surface area contributed by atoms with Gasteiger partial charge >= 0.3 is 6.09 Å².